The maximum absolute atomic E-state index is 13.5. The Morgan fingerprint density at radius 2 is 2.13 bits per heavy atom. The van der Waals surface area contributed by atoms with Gasteiger partial charge < -0.3 is 4.90 Å². The number of Topliss-reactive ketones (excluding diaryl/α,β-unsaturated/α-hetero) is 1. The normalized spacial score (nSPS) is 21.9. The number of hydrogen-bond donors (Lipinski definition) is 0. The Hall–Kier alpha value is -1.38. The number of piperidine rings is 1. The standard InChI is InChI=1S/C12H14FNO/c1-9-8-14(7-6-12(9)15)11-5-3-2-4-10(11)13/h2-5,9H,6-8H2,1H3. The second kappa shape index (κ2) is 4.01. The van der Waals surface area contributed by atoms with Crippen molar-refractivity contribution >= 4 is 11.5 Å². The molecule has 0 aromatic heterocycles. The largest absolute Gasteiger partial charge is 0.368 e. The number of para-hydroxylation sites is 1. The average Bonchev–Trinajstić information content (AvgIpc) is 2.23. The van der Waals surface area contributed by atoms with E-state index in [9.17, 15) is 9.18 Å². The highest BCUT2D eigenvalue weighted by molar-refractivity contribution is 5.83. The van der Waals surface area contributed by atoms with Crippen molar-refractivity contribution < 1.29 is 9.18 Å². The Kier molecular flexibility index (Phi) is 2.71. The van der Waals surface area contributed by atoms with Crippen LogP contribution in [0.4, 0.5) is 10.1 Å². The zero-order valence-electron chi connectivity index (χ0n) is 8.74. The summed E-state index contributed by atoms with van der Waals surface area (Å²) in [5, 5.41) is 0. The van der Waals surface area contributed by atoms with E-state index in [2.05, 4.69) is 0 Å². The summed E-state index contributed by atoms with van der Waals surface area (Å²) in [5.41, 5.74) is 0.608. The molecule has 2 rings (SSSR count). The van der Waals surface area contributed by atoms with Crippen molar-refractivity contribution in [3.05, 3.63) is 30.1 Å². The van der Waals surface area contributed by atoms with Crippen LogP contribution in [0.3, 0.4) is 0 Å². The number of carbonyl (C=O) groups is 1. The van der Waals surface area contributed by atoms with Crippen LogP contribution in [0.1, 0.15) is 13.3 Å². The van der Waals surface area contributed by atoms with Crippen molar-refractivity contribution in [2.24, 2.45) is 5.92 Å². The van der Waals surface area contributed by atoms with Crippen molar-refractivity contribution in [2.75, 3.05) is 18.0 Å². The second-order valence-electron chi connectivity index (χ2n) is 4.01. The van der Waals surface area contributed by atoms with Crippen LogP contribution >= 0.6 is 0 Å². The van der Waals surface area contributed by atoms with Crippen LogP contribution in [0.15, 0.2) is 24.3 Å². The summed E-state index contributed by atoms with van der Waals surface area (Å²) in [5.74, 6) is 0.0833. The third-order valence-corrected chi connectivity index (χ3v) is 2.87. The molecule has 1 aliphatic heterocycles. The first kappa shape index (κ1) is 10.1. The fraction of sp³-hybridized carbons (Fsp3) is 0.417. The summed E-state index contributed by atoms with van der Waals surface area (Å²) < 4.78 is 13.5. The molecule has 0 N–H and O–H groups in total. The summed E-state index contributed by atoms with van der Waals surface area (Å²) in [6.45, 7) is 3.15. The number of carbonyl (C=O) groups excluding carboxylic acids is 1. The number of nitrogens with zero attached hydrogens (tertiary/aromatic N) is 1. The van der Waals surface area contributed by atoms with Crippen LogP contribution in [0.5, 0.6) is 0 Å². The van der Waals surface area contributed by atoms with Crippen LogP contribution in [-0.2, 0) is 4.79 Å². The van der Waals surface area contributed by atoms with Gasteiger partial charge in [0.1, 0.15) is 11.6 Å². The number of benzene rings is 1. The van der Waals surface area contributed by atoms with E-state index >= 15 is 0 Å². The SMILES string of the molecule is CC1CN(c2ccccc2F)CCC1=O. The first-order valence-electron chi connectivity index (χ1n) is 5.20. The molecule has 0 amide bonds. The van der Waals surface area contributed by atoms with E-state index in [4.69, 9.17) is 0 Å². The zero-order chi connectivity index (χ0) is 10.8. The Morgan fingerprint density at radius 1 is 1.40 bits per heavy atom. The third-order valence-electron chi connectivity index (χ3n) is 2.87. The van der Waals surface area contributed by atoms with E-state index in [0.29, 0.717) is 25.2 Å². The minimum atomic E-state index is -0.209. The minimum Gasteiger partial charge on any atom is -0.368 e. The molecule has 1 saturated heterocycles. The number of rotatable bonds is 1. The predicted octanol–water partition coefficient (Wildman–Crippen LogP) is 2.24. The highest BCUT2D eigenvalue weighted by atomic mass is 19.1. The van der Waals surface area contributed by atoms with Crippen molar-refractivity contribution in [3.63, 3.8) is 0 Å². The molecule has 1 heterocycles. The van der Waals surface area contributed by atoms with Gasteiger partial charge in [0.2, 0.25) is 0 Å². The van der Waals surface area contributed by atoms with Crippen molar-refractivity contribution in [1.82, 2.24) is 0 Å². The quantitative estimate of drug-likeness (QED) is 0.704. The number of halogens is 1. The average molecular weight is 207 g/mol. The van der Waals surface area contributed by atoms with Gasteiger partial charge in [-0.3, -0.25) is 4.79 Å². The lowest BCUT2D eigenvalue weighted by molar-refractivity contribution is -0.122. The molecule has 3 heteroatoms. The highest BCUT2D eigenvalue weighted by Gasteiger charge is 2.24. The predicted molar refractivity (Wildman–Crippen MR) is 57.4 cm³/mol. The van der Waals surface area contributed by atoms with Crippen LogP contribution < -0.4 is 4.90 Å². The summed E-state index contributed by atoms with van der Waals surface area (Å²) in [4.78, 5) is 13.3. The maximum atomic E-state index is 13.5. The molecule has 2 nitrogen and oxygen atoms in total. The molecule has 1 aromatic rings. The molecule has 1 unspecified atom stereocenters. The second-order valence-corrected chi connectivity index (χ2v) is 4.01. The van der Waals surface area contributed by atoms with Gasteiger partial charge in [-0.2, -0.15) is 0 Å². The zero-order valence-corrected chi connectivity index (χ0v) is 8.74. The van der Waals surface area contributed by atoms with Gasteiger partial charge in [0.15, 0.2) is 0 Å². The lowest BCUT2D eigenvalue weighted by atomic mass is 9.98. The van der Waals surface area contributed by atoms with Crippen molar-refractivity contribution in [1.29, 1.82) is 0 Å². The summed E-state index contributed by atoms with van der Waals surface area (Å²) in [7, 11) is 0. The minimum absolute atomic E-state index is 0.0124. The van der Waals surface area contributed by atoms with Gasteiger partial charge in [0.25, 0.3) is 0 Å². The maximum Gasteiger partial charge on any atom is 0.146 e. The fourth-order valence-electron chi connectivity index (χ4n) is 1.94. The third kappa shape index (κ3) is 2.01. The van der Waals surface area contributed by atoms with Crippen LogP contribution in [0, 0.1) is 11.7 Å². The molecule has 15 heavy (non-hydrogen) atoms. The molecule has 1 aromatic carbocycles. The van der Waals surface area contributed by atoms with Crippen molar-refractivity contribution in [3.8, 4) is 0 Å². The molecule has 80 valence electrons. The highest BCUT2D eigenvalue weighted by Crippen LogP contribution is 2.23. The Balaban J connectivity index is 2.19. The summed E-state index contributed by atoms with van der Waals surface area (Å²) in [6.07, 6.45) is 0.523. The van der Waals surface area contributed by atoms with Gasteiger partial charge in [-0.05, 0) is 12.1 Å². The molecule has 1 fully saturated rings. The first-order chi connectivity index (χ1) is 7.18. The molecule has 0 radical (unpaired) electrons. The van der Waals surface area contributed by atoms with Gasteiger partial charge >= 0.3 is 0 Å². The number of anilines is 1. The van der Waals surface area contributed by atoms with E-state index in [1.54, 1.807) is 12.1 Å². The molecular weight excluding hydrogens is 193 g/mol. The topological polar surface area (TPSA) is 20.3 Å². The Labute approximate surface area is 88.7 Å². The van der Waals surface area contributed by atoms with Gasteiger partial charge in [-0.1, -0.05) is 19.1 Å². The number of ketones is 1. The van der Waals surface area contributed by atoms with E-state index in [-0.39, 0.29) is 17.5 Å². The Bertz CT molecular complexity index is 378. The molecule has 0 bridgehead atoms. The van der Waals surface area contributed by atoms with E-state index in [0.717, 1.165) is 0 Å². The lowest BCUT2D eigenvalue weighted by Gasteiger charge is -2.32. The first-order valence-corrected chi connectivity index (χ1v) is 5.20. The summed E-state index contributed by atoms with van der Waals surface area (Å²) >= 11 is 0. The summed E-state index contributed by atoms with van der Waals surface area (Å²) in [6, 6.07) is 6.71. The smallest absolute Gasteiger partial charge is 0.146 e. The van der Waals surface area contributed by atoms with Crippen LogP contribution in [0.25, 0.3) is 0 Å². The Morgan fingerprint density at radius 3 is 2.80 bits per heavy atom. The van der Waals surface area contributed by atoms with E-state index in [1.165, 1.54) is 6.07 Å². The van der Waals surface area contributed by atoms with Gasteiger partial charge in [-0.25, -0.2) is 4.39 Å². The molecule has 0 aliphatic carbocycles. The monoisotopic (exact) mass is 207 g/mol. The van der Waals surface area contributed by atoms with Gasteiger partial charge in [0.05, 0.1) is 5.69 Å². The van der Waals surface area contributed by atoms with E-state index < -0.39 is 0 Å². The van der Waals surface area contributed by atoms with Gasteiger partial charge in [0, 0.05) is 25.4 Å². The molecule has 1 atom stereocenters. The van der Waals surface area contributed by atoms with Gasteiger partial charge in [-0.15, -0.1) is 0 Å². The van der Waals surface area contributed by atoms with Crippen LogP contribution in [-0.4, -0.2) is 18.9 Å². The lowest BCUT2D eigenvalue weighted by Crippen LogP contribution is -2.39. The molecule has 1 aliphatic rings. The van der Waals surface area contributed by atoms with Crippen LogP contribution in [0.2, 0.25) is 0 Å². The van der Waals surface area contributed by atoms with Crippen molar-refractivity contribution in [2.45, 2.75) is 13.3 Å². The number of hydrogen-bond acceptors (Lipinski definition) is 2. The van der Waals surface area contributed by atoms with E-state index in [1.807, 2.05) is 17.9 Å². The fourth-order valence-corrected chi connectivity index (χ4v) is 1.94. The molecule has 0 spiro atoms. The molecule has 0 saturated carbocycles. The molecular formula is C12H14FNO.